The number of aromatic nitrogens is 4. The number of nitro groups is 1. The Hall–Kier alpha value is -4.68. The summed E-state index contributed by atoms with van der Waals surface area (Å²) in [6, 6.07) is 18.4. The van der Waals surface area contributed by atoms with Gasteiger partial charge in [0.2, 0.25) is 11.6 Å². The van der Waals surface area contributed by atoms with Crippen molar-refractivity contribution < 1.29 is 14.2 Å². The largest absolute Gasteiger partial charge is 0.358 e. The lowest BCUT2D eigenvalue weighted by atomic mass is 10.2. The van der Waals surface area contributed by atoms with Crippen molar-refractivity contribution >= 4 is 61.4 Å². The van der Waals surface area contributed by atoms with Crippen LogP contribution in [-0.4, -0.2) is 55.3 Å². The Labute approximate surface area is 238 Å². The molecule has 0 unspecified atom stereocenters. The minimum atomic E-state index is -0.410. The van der Waals surface area contributed by atoms with Crippen LogP contribution < -0.4 is 10.6 Å². The highest BCUT2D eigenvalue weighted by molar-refractivity contribution is 9.10. The molecule has 5 aromatic rings. The summed E-state index contributed by atoms with van der Waals surface area (Å²) in [6.07, 6.45) is 6.34. The zero-order valence-electron chi connectivity index (χ0n) is 21.8. The summed E-state index contributed by atoms with van der Waals surface area (Å²) in [5.41, 5.74) is 3.12. The number of carbonyl (C=O) groups excluding carboxylic acids is 1. The molecule has 0 radical (unpaired) electrons. The van der Waals surface area contributed by atoms with E-state index in [1.807, 2.05) is 50.5 Å². The average Bonchev–Trinajstić information content (AvgIpc) is 3.26. The van der Waals surface area contributed by atoms with Gasteiger partial charge in [-0.15, -0.1) is 0 Å². The molecular weight excluding hydrogens is 576 g/mol. The number of hydrogen-bond acceptors (Lipinski definition) is 7. The topological polar surface area (TPSA) is 127 Å². The number of halogens is 1. The zero-order valence-corrected chi connectivity index (χ0v) is 23.4. The summed E-state index contributed by atoms with van der Waals surface area (Å²) >= 11 is 3.47. The number of fused-ring (bicyclic) bond motifs is 2. The number of pyridine rings is 1. The molecule has 11 nitrogen and oxygen atoms in total. The predicted molar refractivity (Wildman–Crippen MR) is 157 cm³/mol. The van der Waals surface area contributed by atoms with E-state index >= 15 is 0 Å². The lowest BCUT2D eigenvalue weighted by Gasteiger charge is -2.27. The van der Waals surface area contributed by atoms with Gasteiger partial charge in [-0.1, -0.05) is 28.1 Å². The van der Waals surface area contributed by atoms with Gasteiger partial charge in [0.25, 0.3) is 0 Å². The van der Waals surface area contributed by atoms with Crippen molar-refractivity contribution in [1.29, 1.82) is 0 Å². The van der Waals surface area contributed by atoms with E-state index in [4.69, 9.17) is 0 Å². The number of carbonyl (C=O) groups is 1. The van der Waals surface area contributed by atoms with Gasteiger partial charge in [0.1, 0.15) is 18.7 Å². The Morgan fingerprint density at radius 3 is 2.75 bits per heavy atom. The Kier molecular flexibility index (Phi) is 7.54. The molecule has 12 heteroatoms. The van der Waals surface area contributed by atoms with Crippen LogP contribution in [0, 0.1) is 10.1 Å². The molecule has 202 valence electrons. The van der Waals surface area contributed by atoms with Gasteiger partial charge in [-0.05, 0) is 53.5 Å². The molecule has 0 spiro atoms. The maximum absolute atomic E-state index is 12.7. The van der Waals surface area contributed by atoms with Crippen molar-refractivity contribution in [3.63, 3.8) is 0 Å². The number of nitrogens with one attached hydrogen (secondary N) is 2. The van der Waals surface area contributed by atoms with Crippen LogP contribution in [0.4, 0.5) is 23.0 Å². The first-order chi connectivity index (χ1) is 19.2. The molecular formula is C28H26BrN8O3+. The first kappa shape index (κ1) is 26.9. The highest BCUT2D eigenvalue weighted by atomic mass is 79.9. The number of hydrogen-bond donors (Lipinski definition) is 2. The molecule has 0 aliphatic heterocycles. The van der Waals surface area contributed by atoms with Crippen LogP contribution in [0.25, 0.3) is 16.6 Å². The highest BCUT2D eigenvalue weighted by Gasteiger charge is 2.28. The maximum Gasteiger partial charge on any atom is 0.356 e. The van der Waals surface area contributed by atoms with Crippen molar-refractivity contribution in [2.75, 3.05) is 31.3 Å². The number of quaternary nitrogens is 1. The minimum absolute atomic E-state index is 0.0439. The Bertz CT molecular complexity index is 1770. The molecule has 0 atom stereocenters. The summed E-state index contributed by atoms with van der Waals surface area (Å²) in [7, 11) is 3.86. The first-order valence-corrected chi connectivity index (χ1v) is 13.1. The lowest BCUT2D eigenvalue weighted by molar-refractivity contribution is -0.898. The van der Waals surface area contributed by atoms with Gasteiger partial charge in [0, 0.05) is 33.4 Å². The molecule has 3 aromatic heterocycles. The van der Waals surface area contributed by atoms with Crippen LogP contribution >= 0.6 is 15.9 Å². The molecule has 40 heavy (non-hydrogen) atoms. The second-order valence-corrected chi connectivity index (χ2v) is 10.7. The highest BCUT2D eigenvalue weighted by Crippen LogP contribution is 2.27. The van der Waals surface area contributed by atoms with Crippen LogP contribution in [0.1, 0.15) is 5.69 Å². The van der Waals surface area contributed by atoms with E-state index < -0.39 is 4.92 Å². The molecule has 5 rings (SSSR count). The van der Waals surface area contributed by atoms with E-state index in [9.17, 15) is 14.9 Å². The summed E-state index contributed by atoms with van der Waals surface area (Å²) in [5.74, 6) is 0.281. The monoisotopic (exact) mass is 601 g/mol. The fourth-order valence-electron chi connectivity index (χ4n) is 4.37. The molecule has 1 amide bonds. The number of nitrogens with zero attached hydrogens (tertiary/aromatic N) is 6. The molecule has 0 bridgehead atoms. The standard InChI is InChI=1S/C28H25BrN8O3/c1-37(2,17-24-28(36(39)40)35-13-4-3-9-25(35)34-24)14-6-10-26(38)32-21-11-12-23-22(16-21)27(31-18-30-23)33-20-8-5-7-19(29)15-20/h3-13,15-16,18H,14,17H2,1-2H3,(H-,30,31,32,33,38)/p+1. The molecule has 0 saturated heterocycles. The Balaban J connectivity index is 1.26. The van der Waals surface area contributed by atoms with E-state index in [-0.39, 0.29) is 11.7 Å². The number of benzene rings is 2. The first-order valence-electron chi connectivity index (χ1n) is 12.4. The van der Waals surface area contributed by atoms with E-state index in [1.165, 1.54) is 16.8 Å². The van der Waals surface area contributed by atoms with Crippen LogP contribution in [0.5, 0.6) is 0 Å². The SMILES string of the molecule is C[N+](C)(CC=CC(=O)Nc1ccc2ncnc(Nc3cccc(Br)c3)c2c1)Cc1nc2ccccn2c1[N+](=O)[O-]. The van der Waals surface area contributed by atoms with Crippen LogP contribution in [-0.2, 0) is 11.3 Å². The van der Waals surface area contributed by atoms with Crippen molar-refractivity contribution in [3.05, 3.63) is 106 Å². The molecule has 0 saturated carbocycles. The van der Waals surface area contributed by atoms with E-state index in [2.05, 4.69) is 41.5 Å². The van der Waals surface area contributed by atoms with Crippen molar-refractivity contribution in [2.24, 2.45) is 0 Å². The van der Waals surface area contributed by atoms with Gasteiger partial charge < -0.3 is 25.2 Å². The summed E-state index contributed by atoms with van der Waals surface area (Å²) < 4.78 is 2.79. The Morgan fingerprint density at radius 1 is 1.10 bits per heavy atom. The quantitative estimate of drug-likeness (QED) is 0.0993. The number of rotatable bonds is 9. The number of likely N-dealkylation sites (N-methyl/N-ethyl adjacent to an activating group) is 1. The minimum Gasteiger partial charge on any atom is -0.358 e. The number of imidazole rings is 1. The molecule has 2 N–H and O–H groups in total. The average molecular weight is 602 g/mol. The fraction of sp³-hybridized carbons (Fsp3) is 0.143. The smallest absolute Gasteiger partial charge is 0.356 e. The van der Waals surface area contributed by atoms with Crippen LogP contribution in [0.3, 0.4) is 0 Å². The van der Waals surface area contributed by atoms with Crippen molar-refractivity contribution in [1.82, 2.24) is 19.4 Å². The van der Waals surface area contributed by atoms with Gasteiger partial charge in [-0.25, -0.2) is 9.97 Å². The molecule has 0 aliphatic carbocycles. The normalized spacial score (nSPS) is 11.8. The third kappa shape index (κ3) is 6.14. The summed E-state index contributed by atoms with van der Waals surface area (Å²) in [4.78, 5) is 37.2. The Morgan fingerprint density at radius 2 is 1.95 bits per heavy atom. The van der Waals surface area contributed by atoms with Gasteiger partial charge in [0.05, 0.1) is 32.4 Å². The van der Waals surface area contributed by atoms with Gasteiger partial charge in [0.15, 0.2) is 5.69 Å². The zero-order chi connectivity index (χ0) is 28.3. The van der Waals surface area contributed by atoms with Crippen LogP contribution in [0.15, 0.2) is 89.8 Å². The number of anilines is 3. The van der Waals surface area contributed by atoms with Crippen molar-refractivity contribution in [3.8, 4) is 0 Å². The number of amides is 1. The third-order valence-electron chi connectivity index (χ3n) is 6.18. The van der Waals surface area contributed by atoms with Gasteiger partial charge >= 0.3 is 5.82 Å². The molecule has 0 aliphatic rings. The predicted octanol–water partition coefficient (Wildman–Crippen LogP) is 5.46. The van der Waals surface area contributed by atoms with Gasteiger partial charge in [-0.3, -0.25) is 4.79 Å². The fourth-order valence-corrected chi connectivity index (χ4v) is 4.77. The summed E-state index contributed by atoms with van der Waals surface area (Å²) in [6.45, 7) is 0.785. The second-order valence-electron chi connectivity index (χ2n) is 9.83. The molecule has 3 heterocycles. The van der Waals surface area contributed by atoms with Gasteiger partial charge in [-0.2, -0.15) is 9.38 Å². The summed E-state index contributed by atoms with van der Waals surface area (Å²) in [5, 5.41) is 18.7. The maximum atomic E-state index is 12.7. The molecule has 0 fully saturated rings. The van der Waals surface area contributed by atoms with E-state index in [0.717, 1.165) is 21.1 Å². The van der Waals surface area contributed by atoms with Crippen LogP contribution in [0.2, 0.25) is 0 Å². The lowest BCUT2D eigenvalue weighted by Crippen LogP contribution is -2.39. The van der Waals surface area contributed by atoms with E-state index in [1.54, 1.807) is 36.5 Å². The second kappa shape index (κ2) is 11.2. The molecule has 2 aromatic carbocycles. The van der Waals surface area contributed by atoms with Crippen molar-refractivity contribution in [2.45, 2.75) is 6.54 Å². The van der Waals surface area contributed by atoms with E-state index in [0.29, 0.717) is 40.4 Å². The third-order valence-corrected chi connectivity index (χ3v) is 6.68.